The topological polar surface area (TPSA) is 59.0 Å². The quantitative estimate of drug-likeness (QED) is 0.879. The van der Waals surface area contributed by atoms with E-state index in [4.69, 9.17) is 0 Å². The van der Waals surface area contributed by atoms with Crippen molar-refractivity contribution in [1.29, 1.82) is 0 Å². The van der Waals surface area contributed by atoms with Gasteiger partial charge in [-0.25, -0.2) is 4.98 Å². The number of fused-ring (bicyclic) bond motifs is 1. The van der Waals surface area contributed by atoms with Crippen molar-refractivity contribution in [1.82, 2.24) is 20.2 Å². The first-order chi connectivity index (χ1) is 10.2. The Morgan fingerprint density at radius 3 is 2.83 bits per heavy atom. The summed E-state index contributed by atoms with van der Waals surface area (Å²) in [4.78, 5) is 16.4. The summed E-state index contributed by atoms with van der Waals surface area (Å²) in [5.74, 6) is 0.0668. The molecule has 3 rings (SSSR count). The maximum atomic E-state index is 12.3. The minimum Gasteiger partial charge on any atom is -0.350 e. The van der Waals surface area contributed by atoms with Crippen LogP contribution in [0.5, 0.6) is 0 Å². The van der Waals surface area contributed by atoms with Crippen LogP contribution in [0, 0.1) is 0 Å². The molecule has 0 saturated carbocycles. The molecule has 0 spiro atoms. The molecule has 1 aromatic carbocycles. The molecule has 1 aliphatic rings. The van der Waals surface area contributed by atoms with E-state index in [1.54, 1.807) is 12.5 Å². The maximum Gasteiger partial charge on any atom is 0.237 e. The number of halogens is 2. The van der Waals surface area contributed by atoms with Gasteiger partial charge in [0, 0.05) is 31.5 Å². The molecule has 1 amide bonds. The third-order valence-corrected chi connectivity index (χ3v) is 3.83. The van der Waals surface area contributed by atoms with Crippen LogP contribution in [0.4, 0.5) is 0 Å². The fraction of sp³-hybridized carbons (Fsp3) is 0.375. The summed E-state index contributed by atoms with van der Waals surface area (Å²) in [5, 5.41) is 6.38. The SMILES string of the molecule is CC(Cn1ccnc1)NC(=O)C1Cc2ccccc2CN1.Cl.Cl. The average molecular weight is 357 g/mol. The van der Waals surface area contributed by atoms with Crippen molar-refractivity contribution in [3.63, 3.8) is 0 Å². The lowest BCUT2D eigenvalue weighted by Crippen LogP contribution is -2.50. The highest BCUT2D eigenvalue weighted by atomic mass is 35.5. The number of amides is 1. The molecule has 5 nitrogen and oxygen atoms in total. The van der Waals surface area contributed by atoms with E-state index in [1.165, 1.54) is 11.1 Å². The van der Waals surface area contributed by atoms with Crippen LogP contribution < -0.4 is 10.6 Å². The van der Waals surface area contributed by atoms with Gasteiger partial charge < -0.3 is 15.2 Å². The second-order valence-corrected chi connectivity index (χ2v) is 5.58. The number of hydrogen-bond acceptors (Lipinski definition) is 3. The van der Waals surface area contributed by atoms with Crippen LogP contribution in [-0.2, 0) is 24.3 Å². The molecule has 1 aromatic heterocycles. The molecule has 0 saturated heterocycles. The monoisotopic (exact) mass is 356 g/mol. The second-order valence-electron chi connectivity index (χ2n) is 5.58. The van der Waals surface area contributed by atoms with Gasteiger partial charge in [-0.1, -0.05) is 24.3 Å². The van der Waals surface area contributed by atoms with E-state index < -0.39 is 0 Å². The van der Waals surface area contributed by atoms with Crippen LogP contribution in [0.1, 0.15) is 18.1 Å². The summed E-state index contributed by atoms with van der Waals surface area (Å²) in [6.45, 7) is 3.49. The first kappa shape index (κ1) is 19.5. The largest absolute Gasteiger partial charge is 0.350 e. The summed E-state index contributed by atoms with van der Waals surface area (Å²) in [5.41, 5.74) is 2.55. The van der Waals surface area contributed by atoms with Crippen LogP contribution in [0.25, 0.3) is 0 Å². The van der Waals surface area contributed by atoms with Gasteiger partial charge in [0.2, 0.25) is 5.91 Å². The minimum absolute atomic E-state index is 0. The average Bonchev–Trinajstić information content (AvgIpc) is 2.99. The van der Waals surface area contributed by atoms with Crippen LogP contribution in [0.15, 0.2) is 43.0 Å². The lowest BCUT2D eigenvalue weighted by Gasteiger charge is -2.26. The zero-order valence-corrected chi connectivity index (χ0v) is 14.6. The van der Waals surface area contributed by atoms with Crippen LogP contribution in [-0.4, -0.2) is 27.5 Å². The Balaban J connectivity index is 0.00000132. The molecule has 2 unspecified atom stereocenters. The van der Waals surface area contributed by atoms with E-state index in [0.717, 1.165) is 19.5 Å². The number of nitrogens with zero attached hydrogens (tertiary/aromatic N) is 2. The molecular formula is C16H22Cl2N4O. The highest BCUT2D eigenvalue weighted by Gasteiger charge is 2.24. The number of imidazole rings is 1. The third-order valence-electron chi connectivity index (χ3n) is 3.83. The van der Waals surface area contributed by atoms with Gasteiger partial charge in [0.25, 0.3) is 0 Å². The molecule has 2 atom stereocenters. The first-order valence-electron chi connectivity index (χ1n) is 7.28. The van der Waals surface area contributed by atoms with Gasteiger partial charge >= 0.3 is 0 Å². The number of benzene rings is 1. The van der Waals surface area contributed by atoms with Gasteiger partial charge in [-0.2, -0.15) is 0 Å². The summed E-state index contributed by atoms with van der Waals surface area (Å²) in [6, 6.07) is 8.20. The van der Waals surface area contributed by atoms with E-state index in [0.29, 0.717) is 0 Å². The predicted octanol–water partition coefficient (Wildman–Crippen LogP) is 1.95. The molecule has 23 heavy (non-hydrogen) atoms. The highest BCUT2D eigenvalue weighted by molar-refractivity contribution is 5.85. The molecular weight excluding hydrogens is 335 g/mol. The van der Waals surface area contributed by atoms with Crippen molar-refractivity contribution in [3.05, 3.63) is 54.1 Å². The number of nitrogens with one attached hydrogen (secondary N) is 2. The summed E-state index contributed by atoms with van der Waals surface area (Å²) in [6.07, 6.45) is 6.16. The number of aromatic nitrogens is 2. The van der Waals surface area contributed by atoms with Crippen molar-refractivity contribution < 1.29 is 4.79 Å². The van der Waals surface area contributed by atoms with E-state index in [-0.39, 0.29) is 42.8 Å². The Bertz CT molecular complexity index is 618. The summed E-state index contributed by atoms with van der Waals surface area (Å²) in [7, 11) is 0. The normalized spacial score (nSPS) is 17.2. The second kappa shape index (κ2) is 8.91. The van der Waals surface area contributed by atoms with Crippen LogP contribution in [0.2, 0.25) is 0 Å². The molecule has 7 heteroatoms. The van der Waals surface area contributed by atoms with Gasteiger partial charge in [-0.15, -0.1) is 24.8 Å². The standard InChI is InChI=1S/C16H20N4O.2ClH/c1-12(10-20-7-6-17-11-20)19-16(21)15-8-13-4-2-3-5-14(13)9-18-15;;/h2-7,11-12,15,18H,8-10H2,1H3,(H,19,21);2*1H. The van der Waals surface area contributed by atoms with E-state index in [1.807, 2.05) is 29.8 Å². The molecule has 0 bridgehead atoms. The molecule has 0 radical (unpaired) electrons. The predicted molar refractivity (Wildman–Crippen MR) is 95.1 cm³/mol. The Labute approximate surface area is 148 Å². The molecule has 2 heterocycles. The lowest BCUT2D eigenvalue weighted by atomic mass is 9.95. The molecule has 126 valence electrons. The van der Waals surface area contributed by atoms with E-state index >= 15 is 0 Å². The smallest absolute Gasteiger partial charge is 0.237 e. The zero-order chi connectivity index (χ0) is 14.7. The van der Waals surface area contributed by atoms with Gasteiger partial charge in [0.15, 0.2) is 0 Å². The maximum absolute atomic E-state index is 12.3. The minimum atomic E-state index is -0.148. The molecule has 1 aliphatic heterocycles. The Morgan fingerprint density at radius 2 is 2.13 bits per heavy atom. The van der Waals surface area contributed by atoms with Gasteiger partial charge in [-0.05, 0) is 24.5 Å². The van der Waals surface area contributed by atoms with Gasteiger partial charge in [-0.3, -0.25) is 4.79 Å². The van der Waals surface area contributed by atoms with Gasteiger partial charge in [0.05, 0.1) is 12.4 Å². The Morgan fingerprint density at radius 1 is 1.39 bits per heavy atom. The first-order valence-corrected chi connectivity index (χ1v) is 7.28. The third kappa shape index (κ3) is 4.96. The fourth-order valence-corrected chi connectivity index (χ4v) is 2.74. The Kier molecular flexibility index (Phi) is 7.55. The van der Waals surface area contributed by atoms with Crippen molar-refractivity contribution in [2.24, 2.45) is 0 Å². The zero-order valence-electron chi connectivity index (χ0n) is 12.9. The van der Waals surface area contributed by atoms with Crippen molar-refractivity contribution in [2.75, 3.05) is 0 Å². The number of hydrogen-bond donors (Lipinski definition) is 2. The molecule has 0 aliphatic carbocycles. The van der Waals surface area contributed by atoms with E-state index in [9.17, 15) is 4.79 Å². The van der Waals surface area contributed by atoms with E-state index in [2.05, 4.69) is 27.8 Å². The van der Waals surface area contributed by atoms with Crippen LogP contribution in [0.3, 0.4) is 0 Å². The Hall–Kier alpha value is -1.56. The summed E-state index contributed by atoms with van der Waals surface area (Å²) >= 11 is 0. The molecule has 2 aromatic rings. The lowest BCUT2D eigenvalue weighted by molar-refractivity contribution is -0.124. The number of carbonyl (C=O) groups excluding carboxylic acids is 1. The summed E-state index contributed by atoms with van der Waals surface area (Å²) < 4.78 is 1.97. The van der Waals surface area contributed by atoms with Crippen molar-refractivity contribution in [3.8, 4) is 0 Å². The number of rotatable bonds is 4. The number of carbonyl (C=O) groups is 1. The van der Waals surface area contributed by atoms with Crippen LogP contribution >= 0.6 is 24.8 Å². The van der Waals surface area contributed by atoms with Gasteiger partial charge in [0.1, 0.15) is 0 Å². The fourth-order valence-electron chi connectivity index (χ4n) is 2.74. The molecule has 2 N–H and O–H groups in total. The van der Waals surface area contributed by atoms with Crippen molar-refractivity contribution in [2.45, 2.75) is 38.5 Å². The van der Waals surface area contributed by atoms with Crippen molar-refractivity contribution >= 4 is 30.7 Å². The molecule has 0 fully saturated rings. The highest BCUT2D eigenvalue weighted by Crippen LogP contribution is 2.16.